The Morgan fingerprint density at radius 2 is 1.67 bits per heavy atom. The summed E-state index contributed by atoms with van der Waals surface area (Å²) in [6.45, 7) is 6.31. The molecule has 0 bridgehead atoms. The minimum absolute atomic E-state index is 0.171. The normalized spacial score (nSPS) is 20.5. The van der Waals surface area contributed by atoms with Crippen LogP contribution in [-0.2, 0) is 11.4 Å². The lowest BCUT2D eigenvalue weighted by molar-refractivity contribution is -0.0778. The summed E-state index contributed by atoms with van der Waals surface area (Å²) in [4.78, 5) is 2.56. The van der Waals surface area contributed by atoms with Crippen LogP contribution in [0.3, 0.4) is 0 Å². The van der Waals surface area contributed by atoms with Crippen LogP contribution in [0.5, 0.6) is 17.2 Å². The average Bonchev–Trinajstić information content (AvgIpc) is 3.00. The van der Waals surface area contributed by atoms with Crippen LogP contribution in [0.4, 0.5) is 0 Å². The minimum atomic E-state index is 0.171. The van der Waals surface area contributed by atoms with Crippen molar-refractivity contribution in [2.45, 2.75) is 32.7 Å². The number of hydrogen-bond donors (Lipinski definition) is 0. The van der Waals surface area contributed by atoms with Gasteiger partial charge in [0.15, 0.2) is 11.5 Å². The molecule has 3 rings (SSSR count). The summed E-state index contributed by atoms with van der Waals surface area (Å²) in [5, 5.41) is 4.54. The molecule has 0 radical (unpaired) electrons. The van der Waals surface area contributed by atoms with E-state index in [1.54, 1.807) is 38.1 Å². The lowest BCUT2D eigenvalue weighted by Crippen LogP contribution is -2.46. The van der Waals surface area contributed by atoms with E-state index in [4.69, 9.17) is 35.6 Å². The standard InChI is InChI=1S/C18H25N3O5S/c1-11-8-20(9-12(2)25-11)10-21-18(27)26-17(19-21)13-6-14(22-3)16(24-5)15(7-13)23-4/h6-7,11-12H,8-10H2,1-5H3/t11-,12-/m0/s1. The summed E-state index contributed by atoms with van der Waals surface area (Å²) in [5.74, 6) is 1.96. The molecule has 1 aliphatic heterocycles. The Morgan fingerprint density at radius 3 is 2.19 bits per heavy atom. The maximum absolute atomic E-state index is 5.77. The summed E-state index contributed by atoms with van der Waals surface area (Å²) in [7, 11) is 4.69. The molecule has 0 unspecified atom stereocenters. The average molecular weight is 395 g/mol. The third-order valence-corrected chi connectivity index (χ3v) is 4.64. The maximum atomic E-state index is 5.77. The van der Waals surface area contributed by atoms with Crippen LogP contribution in [-0.4, -0.2) is 61.3 Å². The molecule has 0 N–H and O–H groups in total. The number of nitrogens with zero attached hydrogens (tertiary/aromatic N) is 3. The van der Waals surface area contributed by atoms with E-state index in [1.165, 1.54) is 0 Å². The molecule has 2 heterocycles. The second-order valence-electron chi connectivity index (χ2n) is 6.52. The SMILES string of the molecule is COc1cc(-c2nn(CN3C[C@H](C)O[C@@H](C)C3)c(=S)o2)cc(OC)c1OC. The van der Waals surface area contributed by atoms with Crippen molar-refractivity contribution in [2.75, 3.05) is 34.4 Å². The number of ether oxygens (including phenoxy) is 4. The molecule has 1 aromatic carbocycles. The van der Waals surface area contributed by atoms with E-state index in [1.807, 2.05) is 0 Å². The molecule has 1 aliphatic rings. The quantitative estimate of drug-likeness (QED) is 0.692. The van der Waals surface area contributed by atoms with Crippen molar-refractivity contribution in [2.24, 2.45) is 0 Å². The van der Waals surface area contributed by atoms with Gasteiger partial charge in [0.2, 0.25) is 11.6 Å². The highest BCUT2D eigenvalue weighted by Gasteiger charge is 2.23. The fourth-order valence-corrected chi connectivity index (χ4v) is 3.48. The van der Waals surface area contributed by atoms with Gasteiger partial charge in [-0.25, -0.2) is 4.68 Å². The fourth-order valence-electron chi connectivity index (χ4n) is 3.31. The Hall–Kier alpha value is -2.10. The van der Waals surface area contributed by atoms with Crippen molar-refractivity contribution in [3.8, 4) is 28.7 Å². The van der Waals surface area contributed by atoms with Gasteiger partial charge in [-0.05, 0) is 38.2 Å². The largest absolute Gasteiger partial charge is 0.493 e. The Bertz CT molecular complexity index is 815. The predicted molar refractivity (Wildman–Crippen MR) is 102 cm³/mol. The van der Waals surface area contributed by atoms with Gasteiger partial charge >= 0.3 is 0 Å². The highest BCUT2D eigenvalue weighted by molar-refractivity contribution is 7.71. The summed E-state index contributed by atoms with van der Waals surface area (Å²) in [6, 6.07) is 3.57. The number of hydrogen-bond acceptors (Lipinski definition) is 8. The fraction of sp³-hybridized carbons (Fsp3) is 0.556. The molecule has 0 saturated carbocycles. The first-order chi connectivity index (χ1) is 12.9. The Morgan fingerprint density at radius 1 is 1.07 bits per heavy atom. The van der Waals surface area contributed by atoms with Crippen LogP contribution in [0.15, 0.2) is 16.5 Å². The monoisotopic (exact) mass is 395 g/mol. The smallest absolute Gasteiger partial charge is 0.288 e. The van der Waals surface area contributed by atoms with Crippen molar-refractivity contribution in [1.82, 2.24) is 14.7 Å². The molecule has 1 aromatic heterocycles. The molecule has 0 spiro atoms. The van der Waals surface area contributed by atoms with Gasteiger partial charge in [0.25, 0.3) is 4.84 Å². The van der Waals surface area contributed by atoms with Gasteiger partial charge in [0.1, 0.15) is 0 Å². The highest BCUT2D eigenvalue weighted by atomic mass is 32.1. The lowest BCUT2D eigenvalue weighted by Gasteiger charge is -2.34. The topological polar surface area (TPSA) is 71.1 Å². The zero-order chi connectivity index (χ0) is 19.6. The molecule has 1 saturated heterocycles. The van der Waals surface area contributed by atoms with Gasteiger partial charge < -0.3 is 23.4 Å². The van der Waals surface area contributed by atoms with Crippen LogP contribution in [0.1, 0.15) is 13.8 Å². The first kappa shape index (κ1) is 19.7. The van der Waals surface area contributed by atoms with E-state index in [-0.39, 0.29) is 12.2 Å². The summed E-state index contributed by atoms with van der Waals surface area (Å²) in [6.07, 6.45) is 0.341. The van der Waals surface area contributed by atoms with Gasteiger partial charge in [-0.15, -0.1) is 5.10 Å². The number of rotatable bonds is 6. The molecule has 27 heavy (non-hydrogen) atoms. The van der Waals surface area contributed by atoms with E-state index in [2.05, 4.69) is 23.8 Å². The molecule has 1 fully saturated rings. The Balaban J connectivity index is 1.89. The third-order valence-electron chi connectivity index (χ3n) is 4.35. The second kappa shape index (κ2) is 8.28. The molecule has 148 valence electrons. The van der Waals surface area contributed by atoms with Gasteiger partial charge in [-0.2, -0.15) is 0 Å². The molecule has 9 heteroatoms. The lowest BCUT2D eigenvalue weighted by atomic mass is 10.2. The van der Waals surface area contributed by atoms with Crippen molar-refractivity contribution in [3.05, 3.63) is 17.0 Å². The zero-order valence-corrected chi connectivity index (χ0v) is 17.0. The van der Waals surface area contributed by atoms with E-state index in [0.717, 1.165) is 13.1 Å². The molecule has 0 amide bonds. The van der Waals surface area contributed by atoms with Gasteiger partial charge in [0.05, 0.1) is 40.2 Å². The van der Waals surface area contributed by atoms with Crippen LogP contribution >= 0.6 is 12.2 Å². The minimum Gasteiger partial charge on any atom is -0.493 e. The van der Waals surface area contributed by atoms with E-state index in [9.17, 15) is 0 Å². The maximum Gasteiger partial charge on any atom is 0.288 e. The Labute approximate surface area is 163 Å². The van der Waals surface area contributed by atoms with Crippen LogP contribution in [0, 0.1) is 4.84 Å². The van der Waals surface area contributed by atoms with Crippen LogP contribution < -0.4 is 14.2 Å². The Kier molecular flexibility index (Phi) is 6.03. The molecule has 8 nitrogen and oxygen atoms in total. The zero-order valence-electron chi connectivity index (χ0n) is 16.2. The number of aromatic nitrogens is 2. The third kappa shape index (κ3) is 4.26. The van der Waals surface area contributed by atoms with Crippen LogP contribution in [0.2, 0.25) is 0 Å². The molecule has 0 aliphatic carbocycles. The molecular weight excluding hydrogens is 370 g/mol. The van der Waals surface area contributed by atoms with Gasteiger partial charge in [0, 0.05) is 18.7 Å². The molecular formula is C18H25N3O5S. The molecule has 2 aromatic rings. The number of methoxy groups -OCH3 is 3. The van der Waals surface area contributed by atoms with Crippen molar-refractivity contribution < 1.29 is 23.4 Å². The number of benzene rings is 1. The highest BCUT2D eigenvalue weighted by Crippen LogP contribution is 2.40. The van der Waals surface area contributed by atoms with Crippen LogP contribution in [0.25, 0.3) is 11.5 Å². The summed E-state index contributed by atoms with van der Waals surface area (Å²) in [5.41, 5.74) is 0.693. The summed E-state index contributed by atoms with van der Waals surface area (Å²) >= 11 is 5.36. The van der Waals surface area contributed by atoms with E-state index < -0.39 is 0 Å². The predicted octanol–water partition coefficient (Wildman–Crippen LogP) is 2.97. The van der Waals surface area contributed by atoms with Crippen molar-refractivity contribution in [1.29, 1.82) is 0 Å². The molecule has 2 atom stereocenters. The van der Waals surface area contributed by atoms with Crippen molar-refractivity contribution >= 4 is 12.2 Å². The van der Waals surface area contributed by atoms with Gasteiger partial charge in [-0.3, -0.25) is 4.90 Å². The summed E-state index contributed by atoms with van der Waals surface area (Å²) < 4.78 is 29.3. The first-order valence-electron chi connectivity index (χ1n) is 8.71. The second-order valence-corrected chi connectivity index (χ2v) is 6.87. The first-order valence-corrected chi connectivity index (χ1v) is 9.12. The van der Waals surface area contributed by atoms with Gasteiger partial charge in [-0.1, -0.05) is 0 Å². The van der Waals surface area contributed by atoms with E-state index >= 15 is 0 Å². The van der Waals surface area contributed by atoms with E-state index in [0.29, 0.717) is 40.2 Å². The number of morpholine rings is 1. The van der Waals surface area contributed by atoms with Crippen molar-refractivity contribution in [3.63, 3.8) is 0 Å².